The van der Waals surface area contributed by atoms with Gasteiger partial charge in [-0.3, -0.25) is 25.2 Å². The molecule has 0 aliphatic carbocycles. The molecule has 3 aromatic carbocycles. The van der Waals surface area contributed by atoms with Crippen molar-refractivity contribution in [1.29, 1.82) is 0 Å². The number of carbonyl (C=O) groups excluding carboxylic acids is 2. The summed E-state index contributed by atoms with van der Waals surface area (Å²) < 4.78 is 3.20. The van der Waals surface area contributed by atoms with E-state index in [-0.39, 0.29) is 150 Å². The summed E-state index contributed by atoms with van der Waals surface area (Å²) in [6, 6.07) is 23.9. The second kappa shape index (κ2) is 32.2. The van der Waals surface area contributed by atoms with Gasteiger partial charge in [0.2, 0.25) is 0 Å². The monoisotopic (exact) mass is 1330 g/mol. The van der Waals surface area contributed by atoms with Crippen molar-refractivity contribution >= 4 is 104 Å². The average Bonchev–Trinajstić information content (AvgIpc) is 3.48. The van der Waals surface area contributed by atoms with Gasteiger partial charge in [0.25, 0.3) is 6.47 Å². The predicted molar refractivity (Wildman–Crippen MR) is 278 cm³/mol. The third-order valence-corrected chi connectivity index (χ3v) is 11.5. The van der Waals surface area contributed by atoms with E-state index in [1.54, 1.807) is 32.9 Å². The molecule has 0 unspecified atom stereocenters. The minimum Gasteiger partial charge on any atom is -1.00 e. The molecule has 2 aliphatic heterocycles. The number of amidine groups is 1. The molecule has 1 saturated heterocycles. The number of aldehydes is 1. The number of rotatable bonds is 5. The Morgan fingerprint density at radius 2 is 1.00 bits per heavy atom. The zero-order chi connectivity index (χ0) is 47.6. The SMILES string of the molecule is CC(C)(C)O.CC(C)(N)C(C)(C)N.CC1(C)N=C(c2ccc(Br)cc2)NC1(C)C.CC1(C)NC(c2ccc(Br)cc2)NC1(C)C.II.O=CO[O-].O=Cc1ccc(Br)cc1.[H-].[K+].[K+]. The summed E-state index contributed by atoms with van der Waals surface area (Å²) >= 11 is 14.4. The number of hydrogen-bond donors (Lipinski definition) is 6. The molecule has 11 nitrogen and oxygen atoms in total. The number of nitrogens with one attached hydrogen (secondary N) is 3. The minimum atomic E-state index is -0.500. The zero-order valence-corrected chi connectivity index (χ0v) is 55.1. The fraction of sp³-hybridized carbons (Fsp3) is 0.523. The third-order valence-electron chi connectivity index (χ3n) is 9.95. The van der Waals surface area contributed by atoms with E-state index in [2.05, 4.69) is 198 Å². The van der Waals surface area contributed by atoms with Gasteiger partial charge in [-0.05, 0) is 146 Å². The zero-order valence-electron chi connectivity index (χ0n) is 40.7. The summed E-state index contributed by atoms with van der Waals surface area (Å²) in [6.45, 7) is 30.4. The number of benzene rings is 3. The predicted octanol–water partition coefficient (Wildman–Crippen LogP) is 4.38. The number of carbonyl (C=O) groups is 2. The molecule has 0 amide bonds. The Morgan fingerprint density at radius 3 is 1.26 bits per heavy atom. The van der Waals surface area contributed by atoms with Crippen molar-refractivity contribution in [1.82, 2.24) is 16.0 Å². The number of aliphatic hydroxyl groups is 1. The molecule has 0 aromatic heterocycles. The smallest absolute Gasteiger partial charge is 1.00 e. The Balaban J connectivity index is -0.000000223. The van der Waals surface area contributed by atoms with Crippen LogP contribution in [0.1, 0.15) is 133 Å². The van der Waals surface area contributed by atoms with Crippen LogP contribution in [0, 0.1) is 0 Å². The van der Waals surface area contributed by atoms with E-state index in [4.69, 9.17) is 31.6 Å². The molecular weight excluding hydrogens is 1260 g/mol. The van der Waals surface area contributed by atoms with E-state index in [0.29, 0.717) is 5.56 Å². The molecule has 62 heavy (non-hydrogen) atoms. The molecule has 0 bridgehead atoms. The molecule has 0 spiro atoms. The Kier molecular flexibility index (Phi) is 36.7. The Hall–Kier alpha value is 2.20. The standard InChI is InChI=1S/C13H19BrN2.C13H17BrN2.C7H5BrO.C6H16N2.C4H10O.CH2O3.I2.2K.H/c2*1-12(2)13(3,4)16-11(15-12)9-5-7-10(14)8-6-9;8-7-3-1-6(5-9)2-4-7;1-5(2,7)6(3,4)8;1-4(2,3)5;2-1-4-3;1-2;;;/h5-8,11,15-16H,1-4H3;5-8H,1-4H3,(H,15,16);1-5H;7-8H2,1-4H3;5H,1-3H3;1,3H;;;;/q;;;;;;;2*+1;-1/p-1. The van der Waals surface area contributed by atoms with Crippen molar-refractivity contribution in [3.05, 3.63) is 103 Å². The third kappa shape index (κ3) is 28.6. The van der Waals surface area contributed by atoms with Crippen molar-refractivity contribution in [3.8, 4) is 0 Å². The number of nitrogens with zero attached hydrogens (tertiary/aromatic N) is 1. The fourth-order valence-corrected chi connectivity index (χ4v) is 4.92. The molecule has 8 N–H and O–H groups in total. The molecule has 0 radical (unpaired) electrons. The van der Waals surface area contributed by atoms with Gasteiger partial charge in [0.05, 0.1) is 22.8 Å². The van der Waals surface area contributed by atoms with Crippen LogP contribution in [0.3, 0.4) is 0 Å². The maximum Gasteiger partial charge on any atom is 1.00 e. The second-order valence-electron chi connectivity index (χ2n) is 18.3. The van der Waals surface area contributed by atoms with Crippen LogP contribution in [0.4, 0.5) is 0 Å². The maximum absolute atomic E-state index is 10.1. The van der Waals surface area contributed by atoms with Gasteiger partial charge in [-0.1, -0.05) is 84.2 Å². The molecular formula is C44H69Br3I2K2N6O5. The first-order valence-electron chi connectivity index (χ1n) is 19.0. The van der Waals surface area contributed by atoms with E-state index < -0.39 is 5.60 Å². The molecule has 2 aliphatic rings. The van der Waals surface area contributed by atoms with Gasteiger partial charge in [0, 0.05) is 83.9 Å². The van der Waals surface area contributed by atoms with E-state index in [9.17, 15) is 4.79 Å². The van der Waals surface area contributed by atoms with Gasteiger partial charge in [0.1, 0.15) is 12.1 Å². The van der Waals surface area contributed by atoms with Crippen LogP contribution in [0.15, 0.2) is 91.2 Å². The van der Waals surface area contributed by atoms with Crippen molar-refractivity contribution in [2.24, 2.45) is 16.5 Å². The molecule has 2 heterocycles. The topological polar surface area (TPSA) is 187 Å². The molecule has 1 fully saturated rings. The van der Waals surface area contributed by atoms with E-state index in [0.717, 1.165) is 31.1 Å². The summed E-state index contributed by atoms with van der Waals surface area (Å²) in [5.41, 5.74) is 13.5. The van der Waals surface area contributed by atoms with Crippen LogP contribution in [-0.4, -0.2) is 62.5 Å². The normalized spacial score (nSPS) is 16.2. The summed E-state index contributed by atoms with van der Waals surface area (Å²) in [6.07, 6.45) is 1.06. The largest absolute Gasteiger partial charge is 1.00 e. The van der Waals surface area contributed by atoms with Crippen LogP contribution in [-0.2, 0) is 9.68 Å². The summed E-state index contributed by atoms with van der Waals surface area (Å²) in [7, 11) is 0. The fourth-order valence-electron chi connectivity index (χ4n) is 4.12. The molecule has 3 aromatic rings. The van der Waals surface area contributed by atoms with Crippen molar-refractivity contribution < 1.29 is 129 Å². The van der Waals surface area contributed by atoms with E-state index in [1.807, 2.05) is 52.0 Å². The number of nitrogens with two attached hydrogens (primary N) is 2. The quantitative estimate of drug-likeness (QED) is 0.0705. The maximum atomic E-state index is 10.1. The van der Waals surface area contributed by atoms with Crippen LogP contribution in [0.25, 0.3) is 0 Å². The first kappa shape index (κ1) is 70.8. The summed E-state index contributed by atoms with van der Waals surface area (Å²) in [4.78, 5) is 26.1. The van der Waals surface area contributed by atoms with Gasteiger partial charge in [-0.2, -0.15) is 0 Å². The average molecular weight is 1330 g/mol. The molecule has 5 rings (SSSR count). The van der Waals surface area contributed by atoms with Gasteiger partial charge in [0.15, 0.2) is 0 Å². The van der Waals surface area contributed by atoms with Crippen molar-refractivity contribution in [2.75, 3.05) is 0 Å². The van der Waals surface area contributed by atoms with E-state index >= 15 is 0 Å². The minimum absolute atomic E-state index is 0. The second-order valence-corrected chi connectivity index (χ2v) is 21.0. The van der Waals surface area contributed by atoms with Crippen LogP contribution in [0.2, 0.25) is 0 Å². The van der Waals surface area contributed by atoms with Gasteiger partial charge in [-0.15, -0.1) is 0 Å². The van der Waals surface area contributed by atoms with Crippen molar-refractivity contribution in [2.45, 2.75) is 149 Å². The van der Waals surface area contributed by atoms with E-state index in [1.165, 1.54) is 5.56 Å². The van der Waals surface area contributed by atoms with Crippen LogP contribution < -0.4 is 135 Å². The molecule has 0 atom stereocenters. The Labute approximate surface area is 508 Å². The number of hydrogen-bond acceptors (Lipinski definition) is 11. The first-order valence-corrected chi connectivity index (χ1v) is 27.6. The number of halogens is 5. The van der Waals surface area contributed by atoms with Crippen LogP contribution >= 0.6 is 85.0 Å². The Bertz CT molecular complexity index is 1710. The van der Waals surface area contributed by atoms with Gasteiger partial charge < -0.3 is 33.5 Å². The van der Waals surface area contributed by atoms with Gasteiger partial charge >= 0.3 is 103 Å². The molecule has 18 heteroatoms. The molecule has 0 saturated carbocycles. The Morgan fingerprint density at radius 1 is 0.694 bits per heavy atom. The summed E-state index contributed by atoms with van der Waals surface area (Å²) in [5, 5.41) is 27.7. The molecule has 342 valence electrons. The first-order chi connectivity index (χ1) is 27.1. The number of aliphatic imine (C=N–C) groups is 1. The van der Waals surface area contributed by atoms with Crippen molar-refractivity contribution in [3.63, 3.8) is 0 Å². The summed E-state index contributed by atoms with van der Waals surface area (Å²) in [5.74, 6) is 0.988. The van der Waals surface area contributed by atoms with Gasteiger partial charge in [-0.25, -0.2) is 0 Å². The van der Waals surface area contributed by atoms with Crippen LogP contribution in [0.5, 0.6) is 0 Å².